The fourth-order valence-corrected chi connectivity index (χ4v) is 13.1. The Labute approximate surface area is 616 Å². The van der Waals surface area contributed by atoms with E-state index < -0.39 is 162 Å². The fourth-order valence-electron chi connectivity index (χ4n) is 13.1. The molecule has 11 amide bonds. The quantitative estimate of drug-likeness (QED) is 0.0858. The van der Waals surface area contributed by atoms with Gasteiger partial charge in [-0.05, 0) is 116 Å². The third-order valence-electron chi connectivity index (χ3n) is 19.5. The molecular weight excluding hydrogens is 1330 g/mol. The van der Waals surface area contributed by atoms with E-state index >= 15 is 19.2 Å². The second-order valence-corrected chi connectivity index (χ2v) is 30.6. The van der Waals surface area contributed by atoms with Crippen LogP contribution in [-0.2, 0) is 64.0 Å². The Morgan fingerprint density at radius 2 is 1.05 bits per heavy atom. The molecule has 12 atom stereocenters. The number of aliphatic hydroxyl groups is 1. The number of benzene rings is 2. The summed E-state index contributed by atoms with van der Waals surface area (Å²) in [7, 11) is 9.84. The van der Waals surface area contributed by atoms with E-state index in [9.17, 15) is 43.5 Å². The summed E-state index contributed by atoms with van der Waals surface area (Å²) in [6.45, 7) is 27.9. The molecule has 1 aromatic heterocycles. The average Bonchev–Trinajstić information content (AvgIpc) is 0.820. The molecule has 2 heterocycles. The van der Waals surface area contributed by atoms with Gasteiger partial charge >= 0.3 is 5.97 Å². The molecule has 1 saturated heterocycles. The number of nitrogens with zero attached hydrogens (tertiary/aromatic N) is 9. The van der Waals surface area contributed by atoms with Crippen molar-refractivity contribution in [2.45, 2.75) is 222 Å². The van der Waals surface area contributed by atoms with Crippen LogP contribution in [0.1, 0.15) is 165 Å². The number of hydrogen-bond acceptors (Lipinski definition) is 15. The van der Waals surface area contributed by atoms with Crippen LogP contribution in [0.5, 0.6) is 0 Å². The van der Waals surface area contributed by atoms with Gasteiger partial charge in [0.15, 0.2) is 0 Å². The van der Waals surface area contributed by atoms with E-state index in [0.29, 0.717) is 17.5 Å². The number of amides is 11. The molecule has 0 unspecified atom stereocenters. The van der Waals surface area contributed by atoms with Crippen molar-refractivity contribution < 1.29 is 67.4 Å². The lowest BCUT2D eigenvalue weighted by atomic mass is 9.91. The predicted molar refractivity (Wildman–Crippen MR) is 399 cm³/mol. The first-order valence-corrected chi connectivity index (χ1v) is 36.6. The molecule has 1 aliphatic rings. The number of aromatic nitrogens is 2. The zero-order chi connectivity index (χ0) is 78.6. The van der Waals surface area contributed by atoms with Gasteiger partial charge in [0.05, 0.1) is 31.1 Å². The molecule has 0 aliphatic carbocycles. The number of nitrogens with one attached hydrogen (secondary N) is 4. The average molecular weight is 1450 g/mol. The van der Waals surface area contributed by atoms with Crippen molar-refractivity contribution in [3.05, 3.63) is 72.3 Å². The summed E-state index contributed by atoms with van der Waals surface area (Å²) in [5.41, 5.74) is 1.08. The van der Waals surface area contributed by atoms with Crippen LogP contribution >= 0.6 is 0 Å². The van der Waals surface area contributed by atoms with Crippen molar-refractivity contribution in [2.24, 2.45) is 41.4 Å². The van der Waals surface area contributed by atoms with Crippen molar-refractivity contribution in [1.82, 2.24) is 65.1 Å². The summed E-state index contributed by atoms with van der Waals surface area (Å²) < 4.78 is 7.44. The van der Waals surface area contributed by atoms with Crippen LogP contribution in [0.2, 0.25) is 0 Å². The van der Waals surface area contributed by atoms with Gasteiger partial charge in [0.1, 0.15) is 67.0 Å². The van der Waals surface area contributed by atoms with Crippen LogP contribution in [0.15, 0.2) is 61.2 Å². The predicted octanol–water partition coefficient (Wildman–Crippen LogP) is 5.61. The summed E-state index contributed by atoms with van der Waals surface area (Å²) >= 11 is 0. The van der Waals surface area contributed by atoms with E-state index in [1.165, 1.54) is 87.7 Å². The fraction of sp³-hybridized carbons (Fsp3) is 0.649. The summed E-state index contributed by atoms with van der Waals surface area (Å²) in [5, 5.41) is 25.1. The lowest BCUT2D eigenvalue weighted by Crippen LogP contribution is -2.63. The SMILES string of the molecule is CC[C@@H]1NC(=O)[C@H]([C@H](O)[C@H](C)CC=Cc2ccc(C(=O)OCCn3ccnc3)c3ccccc23)N(C)C(=O)[C@H](C(C)C)N(C)C(=O)[C@H](CC(C)C)N(C)C(=O)[C@H](CC(C)C)N(C)C(=O)[C@@H](C)NC(=O)[C@H](C)NC(=O)[C@H](CC(C)C)N(C)C(=O)[C@H](C(C)C)NC(=O)[C@H](CC(C)C)N(C)C(=O)CN(C)C1=O. The van der Waals surface area contributed by atoms with Crippen LogP contribution < -0.4 is 21.3 Å². The minimum absolute atomic E-state index is 0.0325. The van der Waals surface area contributed by atoms with E-state index in [1.54, 1.807) is 83.0 Å². The minimum atomic E-state index is -1.74. The van der Waals surface area contributed by atoms with Crippen molar-refractivity contribution in [2.75, 3.05) is 62.5 Å². The van der Waals surface area contributed by atoms with Gasteiger partial charge < -0.3 is 70.0 Å². The molecule has 578 valence electrons. The van der Waals surface area contributed by atoms with Gasteiger partial charge in [0.2, 0.25) is 65.0 Å². The number of carbonyl (C=O) groups is 12. The highest BCUT2D eigenvalue weighted by atomic mass is 16.5. The number of fused-ring (bicyclic) bond motifs is 1. The molecule has 27 nitrogen and oxygen atoms in total. The summed E-state index contributed by atoms with van der Waals surface area (Å²) in [6, 6.07) is -2.07. The van der Waals surface area contributed by atoms with Crippen molar-refractivity contribution in [1.29, 1.82) is 0 Å². The third kappa shape index (κ3) is 23.4. The molecule has 4 rings (SSSR count). The molecule has 104 heavy (non-hydrogen) atoms. The van der Waals surface area contributed by atoms with Crippen LogP contribution in [0.3, 0.4) is 0 Å². The van der Waals surface area contributed by atoms with Crippen LogP contribution in [0.25, 0.3) is 16.8 Å². The maximum atomic E-state index is 15.6. The monoisotopic (exact) mass is 1450 g/mol. The normalized spacial score (nSPS) is 24.1. The number of hydrogen-bond donors (Lipinski definition) is 5. The number of imidazole rings is 1. The number of carbonyl (C=O) groups excluding carboxylic acids is 12. The molecule has 1 aliphatic heterocycles. The van der Waals surface area contributed by atoms with Crippen LogP contribution in [0.4, 0.5) is 0 Å². The molecule has 5 N–H and O–H groups in total. The first-order chi connectivity index (χ1) is 48.6. The first-order valence-electron chi connectivity index (χ1n) is 36.6. The Morgan fingerprint density at radius 3 is 1.58 bits per heavy atom. The number of ether oxygens (including phenoxy) is 1. The molecule has 0 saturated carbocycles. The number of esters is 1. The molecule has 3 aromatic rings. The molecule has 27 heteroatoms. The maximum absolute atomic E-state index is 15.6. The number of rotatable bonds is 20. The van der Waals surface area contributed by atoms with E-state index in [-0.39, 0.29) is 68.8 Å². The number of allylic oxidation sites excluding steroid dienone is 1. The van der Waals surface area contributed by atoms with E-state index in [0.717, 1.165) is 20.7 Å². The summed E-state index contributed by atoms with van der Waals surface area (Å²) in [6.07, 6.45) is 7.60. The zero-order valence-electron chi connectivity index (χ0n) is 65.9. The van der Waals surface area contributed by atoms with Gasteiger partial charge in [-0.15, -0.1) is 0 Å². The second-order valence-electron chi connectivity index (χ2n) is 30.6. The highest BCUT2D eigenvalue weighted by Crippen LogP contribution is 2.29. The molecular formula is C77H121N13O14. The van der Waals surface area contributed by atoms with Crippen molar-refractivity contribution in [3.63, 3.8) is 0 Å². The largest absolute Gasteiger partial charge is 0.460 e. The standard InChI is InChI=1S/C77H121N13O14/c1-24-57-72(98)83(17)42-62(91)84(18)58(38-44(2)3)69(95)82-63(48(10)11)75(101)85(19)59(39-45(4)5)68(94)79-51(15)67(93)80-52(16)71(97)86(20)60(40-46(6)7)73(99)87(21)61(41-47(8)9)74(100)88(22)64(49(12)13)76(102)89(23)65(70(96)81-57)66(92)50(14)28-27-29-53-32-33-56(55-31-26-25-30-54(53)55)77(103)104-37-36-90-35-34-78-43-90/h25-27,29-35,43-52,57-61,63-66,92H,24,28,36-42H2,1-23H3,(H,79,94)(H,80,93)(H,81,96)(H,82,95)/t50-,51+,52-,57+,58+,59+,60+,61+,63+,64+,65+,66-/m1/s1. The highest BCUT2D eigenvalue weighted by Gasteiger charge is 2.46. The molecule has 0 radical (unpaired) electrons. The van der Waals surface area contributed by atoms with Crippen LogP contribution in [-0.4, -0.2) is 249 Å². The first kappa shape index (κ1) is 87.7. The smallest absolute Gasteiger partial charge is 0.338 e. The van der Waals surface area contributed by atoms with Gasteiger partial charge in [-0.25, -0.2) is 9.78 Å². The third-order valence-corrected chi connectivity index (χ3v) is 19.5. The topological polar surface area (TPSA) is 323 Å². The van der Waals surface area contributed by atoms with E-state index in [4.69, 9.17) is 4.74 Å². The Balaban J connectivity index is 1.89. The summed E-state index contributed by atoms with van der Waals surface area (Å²) in [5.74, 6) is -11.0. The lowest BCUT2D eigenvalue weighted by molar-refractivity contribution is -0.157. The van der Waals surface area contributed by atoms with Gasteiger partial charge in [-0.2, -0.15) is 0 Å². The van der Waals surface area contributed by atoms with E-state index in [2.05, 4.69) is 26.3 Å². The molecule has 1 fully saturated rings. The van der Waals surface area contributed by atoms with Gasteiger partial charge in [0.25, 0.3) is 0 Å². The Bertz CT molecular complexity index is 3480. The van der Waals surface area contributed by atoms with Gasteiger partial charge in [0, 0.05) is 61.7 Å². The van der Waals surface area contributed by atoms with Crippen molar-refractivity contribution in [3.8, 4) is 0 Å². The zero-order valence-corrected chi connectivity index (χ0v) is 65.9. The number of aliphatic hydroxyl groups excluding tert-OH is 1. The molecule has 2 aromatic carbocycles. The lowest BCUT2D eigenvalue weighted by Gasteiger charge is -2.41. The maximum Gasteiger partial charge on any atom is 0.338 e. The second kappa shape index (κ2) is 39.9. The Morgan fingerprint density at radius 1 is 0.548 bits per heavy atom. The Hall–Kier alpha value is -8.75. The van der Waals surface area contributed by atoms with Gasteiger partial charge in [-0.3, -0.25) is 52.7 Å². The van der Waals surface area contributed by atoms with Crippen molar-refractivity contribution >= 4 is 87.8 Å². The van der Waals surface area contributed by atoms with Crippen LogP contribution in [0, 0.1) is 41.4 Å². The van der Waals surface area contributed by atoms with E-state index in [1.807, 2.05) is 85.7 Å². The summed E-state index contributed by atoms with van der Waals surface area (Å²) in [4.78, 5) is 189. The number of likely N-dealkylation sites (N-methyl/N-ethyl adjacent to an activating group) is 7. The molecule has 0 bridgehead atoms. The minimum Gasteiger partial charge on any atom is -0.460 e. The Kier molecular flexibility index (Phi) is 33.7. The highest BCUT2D eigenvalue weighted by molar-refractivity contribution is 6.07. The molecule has 0 spiro atoms. The van der Waals surface area contributed by atoms with Gasteiger partial charge in [-0.1, -0.05) is 139 Å².